The lowest BCUT2D eigenvalue weighted by Crippen LogP contribution is -2.23. The molecule has 2 aromatic carbocycles. The van der Waals surface area contributed by atoms with Gasteiger partial charge in [0.1, 0.15) is 11.6 Å². The van der Waals surface area contributed by atoms with Crippen LogP contribution in [0.25, 0.3) is 0 Å². The Morgan fingerprint density at radius 2 is 1.88 bits per heavy atom. The van der Waals surface area contributed by atoms with Gasteiger partial charge in [-0.2, -0.15) is 0 Å². The third-order valence-corrected chi connectivity index (χ3v) is 3.33. The molecule has 120 valence electrons. The third-order valence-electron chi connectivity index (χ3n) is 3.33. The van der Waals surface area contributed by atoms with Crippen LogP contribution in [0.5, 0.6) is 11.6 Å². The minimum Gasteiger partial charge on any atom is -0.439 e. The van der Waals surface area contributed by atoms with Crippen LogP contribution in [-0.4, -0.2) is 10.9 Å². The van der Waals surface area contributed by atoms with Crippen molar-refractivity contribution in [1.29, 1.82) is 0 Å². The summed E-state index contributed by atoms with van der Waals surface area (Å²) in [6, 6.07) is 18.6. The predicted octanol–water partition coefficient (Wildman–Crippen LogP) is 3.94. The van der Waals surface area contributed by atoms with E-state index in [1.165, 1.54) is 12.1 Å². The highest BCUT2D eigenvalue weighted by Crippen LogP contribution is 2.20. The fraction of sp³-hybridized carbons (Fsp3) is 0.0526. The van der Waals surface area contributed by atoms with Crippen molar-refractivity contribution in [1.82, 2.24) is 10.3 Å². The van der Waals surface area contributed by atoms with Crippen molar-refractivity contribution in [2.45, 2.75) is 6.54 Å². The SMILES string of the molecule is O=C(NCc1cccc(Oc2ccccn2)c1)c1ccccc1F. The number of rotatable bonds is 5. The number of hydrogen-bond donors (Lipinski definition) is 1. The number of aromatic nitrogens is 1. The quantitative estimate of drug-likeness (QED) is 0.774. The van der Waals surface area contributed by atoms with Gasteiger partial charge in [-0.3, -0.25) is 4.79 Å². The Morgan fingerprint density at radius 3 is 2.67 bits per heavy atom. The summed E-state index contributed by atoms with van der Waals surface area (Å²) in [7, 11) is 0. The van der Waals surface area contributed by atoms with Crippen LogP contribution in [0, 0.1) is 5.82 Å². The highest BCUT2D eigenvalue weighted by Gasteiger charge is 2.10. The minimum atomic E-state index is -0.540. The Kier molecular flexibility index (Phi) is 4.81. The van der Waals surface area contributed by atoms with Crippen molar-refractivity contribution in [2.75, 3.05) is 0 Å². The van der Waals surface area contributed by atoms with Crippen molar-refractivity contribution in [3.63, 3.8) is 0 Å². The summed E-state index contributed by atoms with van der Waals surface area (Å²) >= 11 is 0. The lowest BCUT2D eigenvalue weighted by atomic mass is 10.1. The van der Waals surface area contributed by atoms with Crippen molar-refractivity contribution in [2.24, 2.45) is 0 Å². The zero-order valence-corrected chi connectivity index (χ0v) is 12.8. The molecule has 5 heteroatoms. The number of ether oxygens (including phenoxy) is 1. The third kappa shape index (κ3) is 3.95. The zero-order chi connectivity index (χ0) is 16.8. The van der Waals surface area contributed by atoms with Crippen molar-refractivity contribution < 1.29 is 13.9 Å². The standard InChI is InChI=1S/C19H15FN2O2/c20-17-9-2-1-8-16(17)19(23)22-13-14-6-5-7-15(12-14)24-18-10-3-4-11-21-18/h1-12H,13H2,(H,22,23). The van der Waals surface area contributed by atoms with E-state index in [0.717, 1.165) is 5.56 Å². The molecule has 0 fully saturated rings. The van der Waals surface area contributed by atoms with Gasteiger partial charge < -0.3 is 10.1 Å². The van der Waals surface area contributed by atoms with Crippen molar-refractivity contribution >= 4 is 5.91 Å². The molecule has 24 heavy (non-hydrogen) atoms. The van der Waals surface area contributed by atoms with E-state index < -0.39 is 11.7 Å². The van der Waals surface area contributed by atoms with Crippen LogP contribution in [0.4, 0.5) is 4.39 Å². The van der Waals surface area contributed by atoms with Crippen LogP contribution in [0.2, 0.25) is 0 Å². The second kappa shape index (κ2) is 7.37. The van der Waals surface area contributed by atoms with Gasteiger partial charge in [0.05, 0.1) is 5.56 Å². The summed E-state index contributed by atoms with van der Waals surface area (Å²) in [4.78, 5) is 16.1. The lowest BCUT2D eigenvalue weighted by Gasteiger charge is -2.08. The number of nitrogens with one attached hydrogen (secondary N) is 1. The number of benzene rings is 2. The van der Waals surface area contributed by atoms with Crippen LogP contribution in [0.15, 0.2) is 72.9 Å². The summed E-state index contributed by atoms with van der Waals surface area (Å²) in [6.07, 6.45) is 1.65. The van der Waals surface area contributed by atoms with Gasteiger partial charge in [0, 0.05) is 18.8 Å². The summed E-state index contributed by atoms with van der Waals surface area (Å²) in [5, 5.41) is 2.70. The Bertz CT molecular complexity index is 838. The molecular formula is C19H15FN2O2. The highest BCUT2D eigenvalue weighted by atomic mass is 19.1. The maximum absolute atomic E-state index is 13.6. The first kappa shape index (κ1) is 15.7. The van der Waals surface area contributed by atoms with Gasteiger partial charge in [-0.05, 0) is 35.9 Å². The largest absolute Gasteiger partial charge is 0.439 e. The Balaban J connectivity index is 1.65. The first-order valence-corrected chi connectivity index (χ1v) is 7.43. The zero-order valence-electron chi connectivity index (χ0n) is 12.8. The van der Waals surface area contributed by atoms with Gasteiger partial charge in [-0.25, -0.2) is 9.37 Å². The molecule has 1 aromatic heterocycles. The average molecular weight is 322 g/mol. The fourth-order valence-electron chi connectivity index (χ4n) is 2.17. The van der Waals surface area contributed by atoms with Gasteiger partial charge >= 0.3 is 0 Å². The second-order valence-corrected chi connectivity index (χ2v) is 5.08. The van der Waals surface area contributed by atoms with Crippen LogP contribution < -0.4 is 10.1 Å². The smallest absolute Gasteiger partial charge is 0.254 e. The second-order valence-electron chi connectivity index (χ2n) is 5.08. The topological polar surface area (TPSA) is 51.2 Å². The van der Waals surface area contributed by atoms with Gasteiger partial charge in [0.15, 0.2) is 0 Å². The Hall–Kier alpha value is -3.21. The molecule has 0 aliphatic rings. The number of carbonyl (C=O) groups is 1. The van der Waals surface area contributed by atoms with E-state index in [9.17, 15) is 9.18 Å². The van der Waals surface area contributed by atoms with Gasteiger partial charge in [-0.15, -0.1) is 0 Å². The fourth-order valence-corrected chi connectivity index (χ4v) is 2.17. The number of nitrogens with zero attached hydrogens (tertiary/aromatic N) is 1. The molecule has 4 nitrogen and oxygen atoms in total. The summed E-state index contributed by atoms with van der Waals surface area (Å²) in [5.74, 6) is 0.114. The molecule has 1 amide bonds. The molecule has 0 bridgehead atoms. The molecule has 1 N–H and O–H groups in total. The molecule has 0 radical (unpaired) electrons. The van der Waals surface area contributed by atoms with Gasteiger partial charge in [0.2, 0.25) is 5.88 Å². The molecule has 0 unspecified atom stereocenters. The molecule has 0 saturated heterocycles. The first-order valence-electron chi connectivity index (χ1n) is 7.43. The highest BCUT2D eigenvalue weighted by molar-refractivity contribution is 5.94. The molecule has 0 aliphatic heterocycles. The maximum atomic E-state index is 13.6. The number of amides is 1. The molecule has 3 aromatic rings. The summed E-state index contributed by atoms with van der Waals surface area (Å²) in [5.41, 5.74) is 0.867. The molecule has 0 spiro atoms. The number of hydrogen-bond acceptors (Lipinski definition) is 3. The number of halogens is 1. The van der Waals surface area contributed by atoms with E-state index in [1.807, 2.05) is 24.3 Å². The van der Waals surface area contributed by atoms with E-state index in [0.29, 0.717) is 11.6 Å². The maximum Gasteiger partial charge on any atom is 0.254 e. The molecule has 0 aliphatic carbocycles. The minimum absolute atomic E-state index is 0.0263. The Labute approximate surface area is 138 Å². The van der Waals surface area contributed by atoms with Crippen LogP contribution in [0.1, 0.15) is 15.9 Å². The van der Waals surface area contributed by atoms with Crippen molar-refractivity contribution in [3.05, 3.63) is 89.9 Å². The van der Waals surface area contributed by atoms with E-state index in [1.54, 1.807) is 36.5 Å². The predicted molar refractivity (Wildman–Crippen MR) is 88.3 cm³/mol. The first-order chi connectivity index (χ1) is 11.7. The summed E-state index contributed by atoms with van der Waals surface area (Å²) < 4.78 is 19.2. The molecule has 0 saturated carbocycles. The van der Waals surface area contributed by atoms with Gasteiger partial charge in [-0.1, -0.05) is 30.3 Å². The van der Waals surface area contributed by atoms with E-state index >= 15 is 0 Å². The van der Waals surface area contributed by atoms with Gasteiger partial charge in [0.25, 0.3) is 5.91 Å². The van der Waals surface area contributed by atoms with Crippen LogP contribution in [0.3, 0.4) is 0 Å². The Morgan fingerprint density at radius 1 is 1.04 bits per heavy atom. The van der Waals surface area contributed by atoms with Crippen molar-refractivity contribution in [3.8, 4) is 11.6 Å². The molecule has 3 rings (SSSR count). The summed E-state index contributed by atoms with van der Waals surface area (Å²) in [6.45, 7) is 0.270. The van der Waals surface area contributed by atoms with E-state index in [4.69, 9.17) is 4.74 Å². The van der Waals surface area contributed by atoms with E-state index in [2.05, 4.69) is 10.3 Å². The average Bonchev–Trinajstić information content (AvgIpc) is 2.61. The molecular weight excluding hydrogens is 307 g/mol. The normalized spacial score (nSPS) is 10.2. The number of pyridine rings is 1. The number of carbonyl (C=O) groups excluding carboxylic acids is 1. The van der Waals surface area contributed by atoms with Crippen LogP contribution in [-0.2, 0) is 6.54 Å². The lowest BCUT2D eigenvalue weighted by molar-refractivity contribution is 0.0947. The monoisotopic (exact) mass is 322 g/mol. The van der Waals surface area contributed by atoms with Crippen LogP contribution >= 0.6 is 0 Å². The van der Waals surface area contributed by atoms with E-state index in [-0.39, 0.29) is 12.1 Å². The molecule has 1 heterocycles. The molecule has 0 atom stereocenters.